The molecule has 4 heterocycles. The van der Waals surface area contributed by atoms with Gasteiger partial charge in [-0.05, 0) is 105 Å². The first-order valence-corrected chi connectivity index (χ1v) is 22.0. The lowest BCUT2D eigenvalue weighted by atomic mass is 10.0. The zero-order chi connectivity index (χ0) is 42.0. The maximum atomic E-state index is 11.5. The molecule has 5 aromatic carbocycles. The van der Waals surface area contributed by atoms with Crippen molar-refractivity contribution in [3.63, 3.8) is 0 Å². The Morgan fingerprint density at radius 1 is 0.627 bits per heavy atom. The number of halogens is 3. The van der Waals surface area contributed by atoms with Crippen molar-refractivity contribution >= 4 is 127 Å². The molecule has 0 radical (unpaired) electrons. The van der Waals surface area contributed by atoms with Gasteiger partial charge >= 0.3 is 11.9 Å². The minimum atomic E-state index is -0.860. The van der Waals surface area contributed by atoms with E-state index in [0.29, 0.717) is 24.5 Å². The minimum Gasteiger partial charge on any atom is -0.481 e. The van der Waals surface area contributed by atoms with Crippen molar-refractivity contribution in [1.29, 1.82) is 0 Å². The second-order valence-electron chi connectivity index (χ2n) is 13.7. The van der Waals surface area contributed by atoms with Crippen LogP contribution >= 0.6 is 61.8 Å². The number of rotatable bonds is 9. The third-order valence-corrected chi connectivity index (χ3v) is 12.9. The van der Waals surface area contributed by atoms with E-state index in [1.165, 1.54) is 0 Å². The third-order valence-electron chi connectivity index (χ3n) is 9.82. The van der Waals surface area contributed by atoms with Crippen LogP contribution < -0.4 is 11.5 Å². The van der Waals surface area contributed by atoms with Gasteiger partial charge in [0.05, 0.1) is 12.8 Å². The molecule has 0 aliphatic heterocycles. The molecule has 59 heavy (non-hydrogen) atoms. The SMILES string of the molecule is CC.Nc1cc(N)cc(-c2ccc3c(CC(=O)O)cn(Cc4csc5cccc(Cl)c45)c3c2)c1.O=C(O)Cc1cn(Cc2csc3cccc(Cl)c23)c2cc(Br)ccc12. The molecule has 0 spiro atoms. The van der Waals surface area contributed by atoms with Crippen LogP contribution in [0.2, 0.25) is 10.0 Å². The molecule has 8 nitrogen and oxygen atoms in total. The molecule has 0 fully saturated rings. The Balaban J connectivity index is 0.000000177. The van der Waals surface area contributed by atoms with Crippen LogP contribution in [-0.2, 0) is 35.5 Å². The van der Waals surface area contributed by atoms with Crippen LogP contribution in [0, 0.1) is 0 Å². The molecule has 0 aliphatic rings. The number of carbonyl (C=O) groups is 2. The first-order valence-electron chi connectivity index (χ1n) is 18.7. The number of hydrogen-bond acceptors (Lipinski definition) is 6. The molecule has 6 N–H and O–H groups in total. The summed E-state index contributed by atoms with van der Waals surface area (Å²) in [6.45, 7) is 5.23. The first kappa shape index (κ1) is 41.8. The molecule has 0 bridgehead atoms. The summed E-state index contributed by atoms with van der Waals surface area (Å²) < 4.78 is 7.45. The summed E-state index contributed by atoms with van der Waals surface area (Å²) >= 11 is 19.7. The van der Waals surface area contributed by atoms with E-state index in [2.05, 4.69) is 54.0 Å². The molecule has 0 saturated heterocycles. The summed E-state index contributed by atoms with van der Waals surface area (Å²) in [7, 11) is 0. The number of nitrogens with two attached hydrogens (primary N) is 2. The molecule has 0 saturated carbocycles. The Labute approximate surface area is 367 Å². The van der Waals surface area contributed by atoms with Crippen molar-refractivity contribution < 1.29 is 19.8 Å². The van der Waals surface area contributed by atoms with Gasteiger partial charge in [-0.25, -0.2) is 0 Å². The average molecular weight is 927 g/mol. The van der Waals surface area contributed by atoms with Gasteiger partial charge in [0.25, 0.3) is 0 Å². The highest BCUT2D eigenvalue weighted by molar-refractivity contribution is 9.10. The molecule has 9 aromatic rings. The zero-order valence-electron chi connectivity index (χ0n) is 32.0. The van der Waals surface area contributed by atoms with Gasteiger partial charge in [0.1, 0.15) is 0 Å². The summed E-state index contributed by atoms with van der Waals surface area (Å²) in [4.78, 5) is 22.7. The van der Waals surface area contributed by atoms with Crippen LogP contribution in [0.5, 0.6) is 0 Å². The standard InChI is InChI=1S/C25H20ClN3O2S.C19H13BrClNO2S.C2H6/c26-21-2-1-3-23-25(21)17(13-32-23)12-29-11-16(9-24(30)31)20-5-4-14(8-22(20)29)15-6-18(27)10-19(28)7-15;20-13-4-5-14-11(6-18(23)24)8-22(16(14)7-13)9-12-10-25-17-3-1-2-15(21)19(12)17;1-2/h1-8,10-11,13H,9,12,27-28H2,(H,30,31);1-5,7-8,10H,6,9H2,(H,23,24);1-2H3. The Morgan fingerprint density at radius 3 is 1.59 bits per heavy atom. The van der Waals surface area contributed by atoms with E-state index in [-0.39, 0.29) is 12.8 Å². The maximum absolute atomic E-state index is 11.5. The number of nitrogen functional groups attached to an aromatic ring is 2. The number of aromatic nitrogens is 2. The first-order chi connectivity index (χ1) is 28.4. The van der Waals surface area contributed by atoms with Crippen LogP contribution in [0.15, 0.2) is 119 Å². The van der Waals surface area contributed by atoms with Gasteiger partial charge in [0, 0.05) is 93.4 Å². The largest absolute Gasteiger partial charge is 0.481 e. The Kier molecular flexibility index (Phi) is 12.7. The van der Waals surface area contributed by atoms with Crippen molar-refractivity contribution in [1.82, 2.24) is 9.13 Å². The Morgan fingerprint density at radius 2 is 1.10 bits per heavy atom. The van der Waals surface area contributed by atoms with Crippen molar-refractivity contribution in [2.45, 2.75) is 39.8 Å². The third kappa shape index (κ3) is 9.00. The molecule has 4 aromatic heterocycles. The maximum Gasteiger partial charge on any atom is 0.307 e. The van der Waals surface area contributed by atoms with Crippen molar-refractivity contribution in [2.75, 3.05) is 11.5 Å². The molecule has 13 heteroatoms. The number of carboxylic acid groups (broad SMARTS) is 2. The zero-order valence-corrected chi connectivity index (χ0v) is 36.7. The van der Waals surface area contributed by atoms with Crippen LogP contribution in [0.3, 0.4) is 0 Å². The summed E-state index contributed by atoms with van der Waals surface area (Å²) in [6, 6.07) is 29.3. The van der Waals surface area contributed by atoms with Crippen LogP contribution in [-0.4, -0.2) is 31.3 Å². The van der Waals surface area contributed by atoms with E-state index in [1.54, 1.807) is 28.7 Å². The fraction of sp³-hybridized carbons (Fsp3) is 0.130. The second kappa shape index (κ2) is 17.9. The number of thiophene rings is 2. The smallest absolute Gasteiger partial charge is 0.307 e. The molecule has 0 amide bonds. The molecule has 0 atom stereocenters. The van der Waals surface area contributed by atoms with Gasteiger partial charge < -0.3 is 30.8 Å². The highest BCUT2D eigenvalue weighted by atomic mass is 79.9. The van der Waals surface area contributed by atoms with E-state index in [9.17, 15) is 19.8 Å². The van der Waals surface area contributed by atoms with E-state index in [1.807, 2.05) is 93.0 Å². The topological polar surface area (TPSA) is 136 Å². The number of nitrogens with zero attached hydrogens (tertiary/aromatic N) is 2. The fourth-order valence-corrected chi connectivity index (χ4v) is 10.4. The van der Waals surface area contributed by atoms with Gasteiger partial charge in [-0.2, -0.15) is 0 Å². The quantitative estimate of drug-likeness (QED) is 0.106. The van der Waals surface area contributed by atoms with Gasteiger partial charge in [-0.1, -0.05) is 83.3 Å². The Bertz CT molecular complexity index is 3000. The number of anilines is 2. The Hall–Kier alpha value is -5.30. The monoisotopic (exact) mass is 924 g/mol. The van der Waals surface area contributed by atoms with Gasteiger partial charge in [0.15, 0.2) is 0 Å². The predicted molar refractivity (Wildman–Crippen MR) is 252 cm³/mol. The van der Waals surface area contributed by atoms with E-state index >= 15 is 0 Å². The second-order valence-corrected chi connectivity index (χ2v) is 17.3. The molecular weight excluding hydrogens is 887 g/mol. The molecule has 9 rings (SSSR count). The number of hydrogen-bond donors (Lipinski definition) is 4. The lowest BCUT2D eigenvalue weighted by molar-refractivity contribution is -0.137. The number of carboxylic acids is 2. The summed E-state index contributed by atoms with van der Waals surface area (Å²) in [5, 5.41) is 28.3. The van der Waals surface area contributed by atoms with Crippen LogP contribution in [0.4, 0.5) is 11.4 Å². The molecular formula is C46H39BrCl2N4O4S2. The highest BCUT2D eigenvalue weighted by Crippen LogP contribution is 2.37. The van der Waals surface area contributed by atoms with Gasteiger partial charge in [-0.3, -0.25) is 9.59 Å². The fourth-order valence-electron chi connectivity index (χ4n) is 7.42. The van der Waals surface area contributed by atoms with E-state index in [0.717, 1.165) is 89.9 Å². The lowest BCUT2D eigenvalue weighted by Gasteiger charge is -2.09. The molecule has 0 aliphatic carbocycles. The van der Waals surface area contributed by atoms with Crippen molar-refractivity contribution in [3.8, 4) is 11.1 Å². The van der Waals surface area contributed by atoms with Crippen molar-refractivity contribution in [3.05, 3.63) is 151 Å². The molecule has 300 valence electrons. The lowest BCUT2D eigenvalue weighted by Crippen LogP contribution is -2.00. The van der Waals surface area contributed by atoms with Crippen molar-refractivity contribution in [2.24, 2.45) is 0 Å². The van der Waals surface area contributed by atoms with Gasteiger partial charge in [-0.15, -0.1) is 22.7 Å². The number of aliphatic carboxylic acids is 2. The van der Waals surface area contributed by atoms with Crippen LogP contribution in [0.25, 0.3) is 53.1 Å². The summed E-state index contributed by atoms with van der Waals surface area (Å²) in [5.74, 6) is -1.69. The molecule has 0 unspecified atom stereocenters. The summed E-state index contributed by atoms with van der Waals surface area (Å²) in [6.07, 6.45) is 3.83. The normalized spacial score (nSPS) is 11.1. The highest BCUT2D eigenvalue weighted by Gasteiger charge is 2.17. The average Bonchev–Trinajstić information content (AvgIpc) is 3.97. The van der Waals surface area contributed by atoms with Gasteiger partial charge in [0.2, 0.25) is 0 Å². The predicted octanol–water partition coefficient (Wildman–Crippen LogP) is 13.0. The van der Waals surface area contributed by atoms with E-state index < -0.39 is 11.9 Å². The summed E-state index contributed by atoms with van der Waals surface area (Å²) in [5.41, 5.74) is 20.9. The number of benzene rings is 5. The number of fused-ring (bicyclic) bond motifs is 4. The van der Waals surface area contributed by atoms with E-state index in [4.69, 9.17) is 34.7 Å². The minimum absolute atomic E-state index is 0.0102. The van der Waals surface area contributed by atoms with Crippen LogP contribution in [0.1, 0.15) is 36.1 Å².